The summed E-state index contributed by atoms with van der Waals surface area (Å²) in [4.78, 5) is 13.6. The Kier molecular flexibility index (Phi) is 7.11. The smallest absolute Gasteiger partial charge is 0.366 e. The fourth-order valence-electron chi connectivity index (χ4n) is 3.37. The van der Waals surface area contributed by atoms with E-state index in [1.54, 1.807) is 29.2 Å². The molecule has 168 valence electrons. The van der Waals surface area contributed by atoms with E-state index < -0.39 is 23.7 Å². The molecule has 2 aromatic carbocycles. The number of carbonyl (C=O) groups is 1. The quantitative estimate of drug-likeness (QED) is 0.572. The van der Waals surface area contributed by atoms with Crippen molar-refractivity contribution in [3.05, 3.63) is 70.0 Å². The molecule has 0 saturated carbocycles. The van der Waals surface area contributed by atoms with Gasteiger partial charge in [0.15, 0.2) is 0 Å². The number of rotatable bonds is 6. The van der Waals surface area contributed by atoms with E-state index in [0.717, 1.165) is 12.1 Å². The van der Waals surface area contributed by atoms with Crippen LogP contribution in [0, 0.1) is 5.82 Å². The zero-order valence-corrected chi connectivity index (χ0v) is 17.8. The van der Waals surface area contributed by atoms with Crippen LogP contribution in [-0.4, -0.2) is 36.2 Å². The van der Waals surface area contributed by atoms with Gasteiger partial charge in [-0.3, -0.25) is 0 Å². The van der Waals surface area contributed by atoms with Gasteiger partial charge in [-0.2, -0.15) is 13.2 Å². The number of nitrogens with zero attached hydrogens (tertiary/aromatic N) is 1. The molecule has 0 radical (unpaired) electrons. The molecule has 0 aromatic heterocycles. The van der Waals surface area contributed by atoms with E-state index >= 15 is 0 Å². The minimum Gasteiger partial charge on any atom is -0.366 e. The van der Waals surface area contributed by atoms with Crippen molar-refractivity contribution in [1.29, 1.82) is 0 Å². The highest BCUT2D eigenvalue weighted by Crippen LogP contribution is 2.36. The molecule has 31 heavy (non-hydrogen) atoms. The molecule has 1 fully saturated rings. The van der Waals surface area contributed by atoms with E-state index in [2.05, 4.69) is 5.32 Å². The highest BCUT2D eigenvalue weighted by Gasteiger charge is 2.37. The number of amides is 2. The van der Waals surface area contributed by atoms with Gasteiger partial charge in [0.1, 0.15) is 5.82 Å². The van der Waals surface area contributed by atoms with Gasteiger partial charge in [0.25, 0.3) is 0 Å². The fourth-order valence-corrected chi connectivity index (χ4v) is 3.50. The van der Waals surface area contributed by atoms with Crippen LogP contribution in [0.3, 0.4) is 0 Å². The molecule has 2 aromatic rings. The van der Waals surface area contributed by atoms with Gasteiger partial charge in [0.05, 0.1) is 30.9 Å². The van der Waals surface area contributed by atoms with Crippen LogP contribution in [0.1, 0.15) is 36.6 Å². The molecule has 1 N–H and O–H groups in total. The number of carbonyl (C=O) groups excluding carboxylic acids is 1. The second-order valence-electron chi connectivity index (χ2n) is 7.81. The third-order valence-electron chi connectivity index (χ3n) is 4.93. The standard InChI is InChI=1S/C22H23ClF4N2O2/c1-13(2)28-21(30)29-11-18(12-29)31-20(14-3-6-16(23)7-4-14)9-15-5-8-17(24)10-19(15)22(25,26)27/h3-8,10,13,18,20H,9,11-12H2,1-2H3,(H,28,30). The number of likely N-dealkylation sites (tertiary alicyclic amines) is 1. The van der Waals surface area contributed by atoms with Gasteiger partial charge in [0, 0.05) is 17.5 Å². The van der Waals surface area contributed by atoms with Crippen molar-refractivity contribution >= 4 is 17.6 Å². The van der Waals surface area contributed by atoms with Crippen molar-refractivity contribution in [2.45, 2.75) is 44.7 Å². The van der Waals surface area contributed by atoms with Gasteiger partial charge in [0.2, 0.25) is 0 Å². The molecule has 2 amide bonds. The lowest BCUT2D eigenvalue weighted by Gasteiger charge is -2.41. The Morgan fingerprint density at radius 3 is 2.42 bits per heavy atom. The number of hydrogen-bond donors (Lipinski definition) is 1. The highest BCUT2D eigenvalue weighted by molar-refractivity contribution is 6.30. The van der Waals surface area contributed by atoms with E-state index in [4.69, 9.17) is 16.3 Å². The molecular formula is C22H23ClF4N2O2. The maximum atomic E-state index is 13.5. The largest absolute Gasteiger partial charge is 0.416 e. The number of nitrogens with one attached hydrogen (secondary N) is 1. The van der Waals surface area contributed by atoms with E-state index in [-0.39, 0.29) is 30.2 Å². The second kappa shape index (κ2) is 9.44. The molecule has 0 bridgehead atoms. The van der Waals surface area contributed by atoms with Crippen molar-refractivity contribution in [2.75, 3.05) is 13.1 Å². The van der Waals surface area contributed by atoms with Crippen LogP contribution in [0.25, 0.3) is 0 Å². The van der Waals surface area contributed by atoms with Crippen molar-refractivity contribution in [1.82, 2.24) is 10.2 Å². The number of halogens is 5. The van der Waals surface area contributed by atoms with Crippen LogP contribution in [0.5, 0.6) is 0 Å². The Balaban J connectivity index is 1.78. The first-order valence-corrected chi connectivity index (χ1v) is 10.2. The summed E-state index contributed by atoms with van der Waals surface area (Å²) in [6.45, 7) is 4.36. The topological polar surface area (TPSA) is 41.6 Å². The van der Waals surface area contributed by atoms with E-state index in [1.807, 2.05) is 13.8 Å². The third kappa shape index (κ3) is 6.11. The summed E-state index contributed by atoms with van der Waals surface area (Å²) in [7, 11) is 0. The predicted molar refractivity (Wildman–Crippen MR) is 109 cm³/mol. The SMILES string of the molecule is CC(C)NC(=O)N1CC(OC(Cc2ccc(F)cc2C(F)(F)F)c2ccc(Cl)cc2)C1. The molecule has 1 heterocycles. The molecule has 1 aliphatic rings. The fraction of sp³-hybridized carbons (Fsp3) is 0.409. The van der Waals surface area contributed by atoms with Crippen LogP contribution in [0.2, 0.25) is 5.02 Å². The van der Waals surface area contributed by atoms with Crippen LogP contribution in [0.4, 0.5) is 22.4 Å². The second-order valence-corrected chi connectivity index (χ2v) is 8.25. The lowest BCUT2D eigenvalue weighted by atomic mass is 9.96. The van der Waals surface area contributed by atoms with Crippen molar-refractivity contribution in [3.8, 4) is 0 Å². The van der Waals surface area contributed by atoms with E-state index in [9.17, 15) is 22.4 Å². The molecule has 0 spiro atoms. The highest BCUT2D eigenvalue weighted by atomic mass is 35.5. The number of benzene rings is 2. The summed E-state index contributed by atoms with van der Waals surface area (Å²) in [6, 6.07) is 9.05. The van der Waals surface area contributed by atoms with Gasteiger partial charge >= 0.3 is 12.2 Å². The number of alkyl halides is 3. The van der Waals surface area contributed by atoms with Crippen molar-refractivity contribution in [3.63, 3.8) is 0 Å². The minimum absolute atomic E-state index is 0.00597. The Morgan fingerprint density at radius 1 is 1.19 bits per heavy atom. The molecule has 0 aliphatic carbocycles. The summed E-state index contributed by atoms with van der Waals surface area (Å²) in [5, 5.41) is 3.27. The lowest BCUT2D eigenvalue weighted by molar-refractivity contribution is -0.139. The van der Waals surface area contributed by atoms with Crippen LogP contribution < -0.4 is 5.32 Å². The van der Waals surface area contributed by atoms with Gasteiger partial charge in [-0.05, 0) is 49.2 Å². The van der Waals surface area contributed by atoms with Crippen LogP contribution in [-0.2, 0) is 17.3 Å². The van der Waals surface area contributed by atoms with Crippen LogP contribution >= 0.6 is 11.6 Å². The maximum Gasteiger partial charge on any atom is 0.416 e. The summed E-state index contributed by atoms with van der Waals surface area (Å²) in [6.07, 6.45) is -5.84. The molecule has 9 heteroatoms. The van der Waals surface area contributed by atoms with Gasteiger partial charge < -0.3 is 15.0 Å². The molecule has 1 saturated heterocycles. The van der Waals surface area contributed by atoms with Gasteiger partial charge in [-0.25, -0.2) is 9.18 Å². The van der Waals surface area contributed by atoms with Gasteiger partial charge in [-0.1, -0.05) is 29.8 Å². The average Bonchev–Trinajstić information content (AvgIpc) is 2.63. The first-order valence-electron chi connectivity index (χ1n) is 9.85. The Morgan fingerprint density at radius 2 is 1.84 bits per heavy atom. The normalized spacial score (nSPS) is 15.7. The van der Waals surface area contributed by atoms with Gasteiger partial charge in [-0.15, -0.1) is 0 Å². The summed E-state index contributed by atoms with van der Waals surface area (Å²) < 4.78 is 59.9. The molecule has 4 nitrogen and oxygen atoms in total. The van der Waals surface area contributed by atoms with Crippen molar-refractivity contribution < 1.29 is 27.1 Å². The monoisotopic (exact) mass is 458 g/mol. The summed E-state index contributed by atoms with van der Waals surface area (Å²) in [5.74, 6) is -0.953. The molecule has 1 atom stereocenters. The van der Waals surface area contributed by atoms with Crippen molar-refractivity contribution in [2.24, 2.45) is 0 Å². The number of urea groups is 1. The molecule has 3 rings (SSSR count). The minimum atomic E-state index is -4.69. The molecular weight excluding hydrogens is 436 g/mol. The number of ether oxygens (including phenoxy) is 1. The Bertz CT molecular complexity index is 913. The first-order chi connectivity index (χ1) is 14.5. The Hall–Kier alpha value is -2.32. The maximum absolute atomic E-state index is 13.5. The van der Waals surface area contributed by atoms with E-state index in [0.29, 0.717) is 29.7 Å². The number of hydrogen-bond acceptors (Lipinski definition) is 2. The predicted octanol–water partition coefficient (Wildman–Crippen LogP) is 5.60. The third-order valence-corrected chi connectivity index (χ3v) is 5.18. The molecule has 1 unspecified atom stereocenters. The molecule has 1 aliphatic heterocycles. The zero-order valence-electron chi connectivity index (χ0n) is 17.0. The zero-order chi connectivity index (χ0) is 22.8. The first kappa shape index (κ1) is 23.3. The Labute approximate surface area is 183 Å². The average molecular weight is 459 g/mol. The van der Waals surface area contributed by atoms with E-state index in [1.165, 1.54) is 0 Å². The lowest BCUT2D eigenvalue weighted by Crippen LogP contribution is -2.58. The summed E-state index contributed by atoms with van der Waals surface area (Å²) in [5.41, 5.74) is -0.448. The summed E-state index contributed by atoms with van der Waals surface area (Å²) >= 11 is 5.94. The van der Waals surface area contributed by atoms with Crippen LogP contribution in [0.15, 0.2) is 42.5 Å².